The van der Waals surface area contributed by atoms with Gasteiger partial charge in [0.15, 0.2) is 0 Å². The van der Waals surface area contributed by atoms with E-state index in [0.29, 0.717) is 0 Å². The van der Waals surface area contributed by atoms with Crippen LogP contribution in [0.15, 0.2) is 0 Å². The van der Waals surface area contributed by atoms with Crippen molar-refractivity contribution in [1.29, 1.82) is 0 Å². The van der Waals surface area contributed by atoms with E-state index in [2.05, 4.69) is 19.2 Å². The predicted octanol–water partition coefficient (Wildman–Crippen LogP) is 2.95. The quantitative estimate of drug-likeness (QED) is 0.793. The Balaban J connectivity index is 1.77. The summed E-state index contributed by atoms with van der Waals surface area (Å²) < 4.78 is 0. The van der Waals surface area contributed by atoms with Gasteiger partial charge in [-0.25, -0.2) is 0 Å². The summed E-state index contributed by atoms with van der Waals surface area (Å²) >= 11 is 0. The maximum absolute atomic E-state index is 10.5. The first-order valence-electron chi connectivity index (χ1n) is 7.52. The fraction of sp³-hybridized carbons (Fsp3) is 1.00. The van der Waals surface area contributed by atoms with E-state index in [4.69, 9.17) is 0 Å². The molecule has 17 heavy (non-hydrogen) atoms. The highest BCUT2D eigenvalue weighted by Gasteiger charge is 2.34. The number of β-amino-alcohol motifs (C(OH)–C–C–N with tert-alkyl or cyclic N) is 1. The highest BCUT2D eigenvalue weighted by Crippen LogP contribution is 2.38. The van der Waals surface area contributed by atoms with Crippen LogP contribution in [0, 0.1) is 17.8 Å². The molecule has 2 aliphatic rings. The summed E-state index contributed by atoms with van der Waals surface area (Å²) in [4.78, 5) is 0. The molecule has 1 unspecified atom stereocenters. The zero-order valence-electron chi connectivity index (χ0n) is 11.5. The van der Waals surface area contributed by atoms with E-state index < -0.39 is 5.60 Å². The molecule has 1 aliphatic carbocycles. The van der Waals surface area contributed by atoms with Crippen LogP contribution in [0.3, 0.4) is 0 Å². The van der Waals surface area contributed by atoms with Crippen LogP contribution < -0.4 is 5.32 Å². The minimum absolute atomic E-state index is 0.395. The second-order valence-electron chi connectivity index (χ2n) is 6.73. The minimum atomic E-state index is -0.395. The standard InChI is InChI=1S/C15H29NO/c1-12(2)14-6-4-13(5-7-14)10-15(17)8-3-9-16-11-15/h12-14,16-17H,3-11H2,1-2H3. The molecule has 0 aromatic carbocycles. The molecular formula is C15H29NO. The maximum atomic E-state index is 10.5. The average Bonchev–Trinajstić information content (AvgIpc) is 2.30. The van der Waals surface area contributed by atoms with Crippen LogP contribution in [-0.2, 0) is 0 Å². The van der Waals surface area contributed by atoms with Gasteiger partial charge in [0.25, 0.3) is 0 Å². The van der Waals surface area contributed by atoms with Gasteiger partial charge in [-0.2, -0.15) is 0 Å². The van der Waals surface area contributed by atoms with Crippen molar-refractivity contribution in [3.8, 4) is 0 Å². The first-order chi connectivity index (χ1) is 8.09. The molecule has 0 aromatic rings. The van der Waals surface area contributed by atoms with Crippen LogP contribution in [0.25, 0.3) is 0 Å². The van der Waals surface area contributed by atoms with Crippen molar-refractivity contribution in [2.45, 2.75) is 64.4 Å². The fourth-order valence-electron chi connectivity index (χ4n) is 3.72. The number of piperidine rings is 1. The van der Waals surface area contributed by atoms with E-state index >= 15 is 0 Å². The van der Waals surface area contributed by atoms with Crippen LogP contribution >= 0.6 is 0 Å². The van der Waals surface area contributed by atoms with Crippen LogP contribution in [0.5, 0.6) is 0 Å². The van der Waals surface area contributed by atoms with E-state index in [1.807, 2.05) is 0 Å². The summed E-state index contributed by atoms with van der Waals surface area (Å²) in [5.74, 6) is 2.55. The Morgan fingerprint density at radius 3 is 2.47 bits per heavy atom. The Bertz CT molecular complexity index is 225. The van der Waals surface area contributed by atoms with E-state index in [0.717, 1.165) is 50.1 Å². The second kappa shape index (κ2) is 5.71. The third kappa shape index (κ3) is 3.69. The van der Waals surface area contributed by atoms with Gasteiger partial charge < -0.3 is 10.4 Å². The van der Waals surface area contributed by atoms with Gasteiger partial charge in [0.05, 0.1) is 5.60 Å². The van der Waals surface area contributed by atoms with Crippen LogP contribution in [0.4, 0.5) is 0 Å². The Morgan fingerprint density at radius 1 is 1.24 bits per heavy atom. The molecule has 1 saturated carbocycles. The van der Waals surface area contributed by atoms with Crippen molar-refractivity contribution in [2.24, 2.45) is 17.8 Å². The first kappa shape index (κ1) is 13.4. The van der Waals surface area contributed by atoms with Crippen molar-refractivity contribution >= 4 is 0 Å². The van der Waals surface area contributed by atoms with Gasteiger partial charge in [-0.05, 0) is 56.4 Å². The van der Waals surface area contributed by atoms with Gasteiger partial charge in [0, 0.05) is 6.54 Å². The predicted molar refractivity (Wildman–Crippen MR) is 72.0 cm³/mol. The van der Waals surface area contributed by atoms with E-state index in [-0.39, 0.29) is 0 Å². The molecular weight excluding hydrogens is 210 g/mol. The Kier molecular flexibility index (Phi) is 4.48. The number of nitrogens with one attached hydrogen (secondary N) is 1. The number of aliphatic hydroxyl groups is 1. The lowest BCUT2D eigenvalue weighted by atomic mass is 9.72. The lowest BCUT2D eigenvalue weighted by Gasteiger charge is -2.38. The Labute approximate surface area is 106 Å². The molecule has 2 nitrogen and oxygen atoms in total. The number of hydrogen-bond donors (Lipinski definition) is 2. The van der Waals surface area contributed by atoms with Gasteiger partial charge in [-0.15, -0.1) is 0 Å². The molecule has 0 amide bonds. The molecule has 0 radical (unpaired) electrons. The fourth-order valence-corrected chi connectivity index (χ4v) is 3.72. The summed E-state index contributed by atoms with van der Waals surface area (Å²) in [5.41, 5.74) is -0.395. The van der Waals surface area contributed by atoms with E-state index in [1.54, 1.807) is 0 Å². The van der Waals surface area contributed by atoms with Crippen molar-refractivity contribution < 1.29 is 5.11 Å². The van der Waals surface area contributed by atoms with Gasteiger partial charge in [0.2, 0.25) is 0 Å². The molecule has 2 fully saturated rings. The van der Waals surface area contributed by atoms with Gasteiger partial charge in [0.1, 0.15) is 0 Å². The molecule has 2 N–H and O–H groups in total. The van der Waals surface area contributed by atoms with Crippen molar-refractivity contribution in [1.82, 2.24) is 5.32 Å². The average molecular weight is 239 g/mol. The van der Waals surface area contributed by atoms with Gasteiger partial charge in [-0.3, -0.25) is 0 Å². The highest BCUT2D eigenvalue weighted by atomic mass is 16.3. The molecule has 0 bridgehead atoms. The lowest BCUT2D eigenvalue weighted by Crippen LogP contribution is -2.47. The third-order valence-electron chi connectivity index (χ3n) is 4.95. The largest absolute Gasteiger partial charge is 0.389 e. The monoisotopic (exact) mass is 239 g/mol. The Morgan fingerprint density at radius 2 is 1.94 bits per heavy atom. The van der Waals surface area contributed by atoms with Crippen LogP contribution in [0.1, 0.15) is 58.8 Å². The van der Waals surface area contributed by atoms with Gasteiger partial charge >= 0.3 is 0 Å². The zero-order valence-corrected chi connectivity index (χ0v) is 11.5. The number of rotatable bonds is 3. The van der Waals surface area contributed by atoms with Crippen LogP contribution in [-0.4, -0.2) is 23.8 Å². The Hall–Kier alpha value is -0.0800. The number of hydrogen-bond acceptors (Lipinski definition) is 2. The molecule has 2 rings (SSSR count). The second-order valence-corrected chi connectivity index (χ2v) is 6.73. The normalized spacial score (nSPS) is 39.5. The van der Waals surface area contributed by atoms with Crippen molar-refractivity contribution in [2.75, 3.05) is 13.1 Å². The molecule has 1 atom stereocenters. The van der Waals surface area contributed by atoms with Crippen LogP contribution in [0.2, 0.25) is 0 Å². The van der Waals surface area contributed by atoms with E-state index in [9.17, 15) is 5.11 Å². The molecule has 1 aliphatic heterocycles. The molecule has 2 heteroatoms. The lowest BCUT2D eigenvalue weighted by molar-refractivity contribution is -0.0131. The third-order valence-corrected chi connectivity index (χ3v) is 4.95. The summed E-state index contributed by atoms with van der Waals surface area (Å²) in [6.45, 7) is 6.60. The SMILES string of the molecule is CC(C)C1CCC(CC2(O)CCCNC2)CC1. The topological polar surface area (TPSA) is 32.3 Å². The van der Waals surface area contributed by atoms with Crippen molar-refractivity contribution in [3.05, 3.63) is 0 Å². The first-order valence-corrected chi connectivity index (χ1v) is 7.52. The highest BCUT2D eigenvalue weighted by molar-refractivity contribution is 4.88. The summed E-state index contributed by atoms with van der Waals surface area (Å²) in [6, 6.07) is 0. The molecule has 0 spiro atoms. The molecule has 1 saturated heterocycles. The zero-order chi connectivity index (χ0) is 12.3. The summed E-state index contributed by atoms with van der Waals surface area (Å²) in [6.07, 6.45) is 8.61. The van der Waals surface area contributed by atoms with E-state index in [1.165, 1.54) is 25.7 Å². The molecule has 1 heterocycles. The maximum Gasteiger partial charge on any atom is 0.0774 e. The minimum Gasteiger partial charge on any atom is -0.389 e. The summed E-state index contributed by atoms with van der Waals surface area (Å²) in [5, 5.41) is 13.9. The van der Waals surface area contributed by atoms with Crippen molar-refractivity contribution in [3.63, 3.8) is 0 Å². The summed E-state index contributed by atoms with van der Waals surface area (Å²) in [7, 11) is 0. The molecule has 100 valence electrons. The van der Waals surface area contributed by atoms with Gasteiger partial charge in [-0.1, -0.05) is 26.7 Å². The smallest absolute Gasteiger partial charge is 0.0774 e. The molecule has 0 aromatic heterocycles.